The first-order valence-corrected chi connectivity index (χ1v) is 7.60. The lowest BCUT2D eigenvalue weighted by molar-refractivity contribution is -0.128. The molecule has 0 fully saturated rings. The number of carbonyl (C=O) groups excluding carboxylic acids is 1. The lowest BCUT2D eigenvalue weighted by Gasteiger charge is -2.25. The second-order valence-corrected chi connectivity index (χ2v) is 5.76. The minimum Gasteiger partial charge on any atom is -0.493 e. The Hall–Kier alpha value is -2.90. The van der Waals surface area contributed by atoms with Crippen molar-refractivity contribution in [1.82, 2.24) is 0 Å². The minimum atomic E-state index is -3.03. The van der Waals surface area contributed by atoms with E-state index in [0.717, 1.165) is 0 Å². The summed E-state index contributed by atoms with van der Waals surface area (Å²) in [7, 11) is 1.31. The van der Waals surface area contributed by atoms with Crippen molar-refractivity contribution in [3.05, 3.63) is 48.3 Å². The predicted octanol–water partition coefficient (Wildman–Crippen LogP) is 4.23. The summed E-state index contributed by atoms with van der Waals surface area (Å²) in [5.41, 5.74) is -1.08. The molecule has 8 heteroatoms. The number of rotatable bonds is 7. The highest BCUT2D eigenvalue weighted by atomic mass is 19.3. The molecule has 0 aliphatic rings. The van der Waals surface area contributed by atoms with Gasteiger partial charge in [-0.1, -0.05) is 0 Å². The van der Waals surface area contributed by atoms with Gasteiger partial charge in [0.25, 0.3) is 5.91 Å². The summed E-state index contributed by atoms with van der Waals surface area (Å²) in [4.78, 5) is 12.5. The Morgan fingerprint density at radius 1 is 1.08 bits per heavy atom. The van der Waals surface area contributed by atoms with Crippen molar-refractivity contribution in [2.45, 2.75) is 26.1 Å². The number of hydrogen-bond donors (Lipinski definition) is 1. The van der Waals surface area contributed by atoms with E-state index in [1.165, 1.54) is 63.4 Å². The molecule has 26 heavy (non-hydrogen) atoms. The molecule has 5 nitrogen and oxygen atoms in total. The molecule has 0 heterocycles. The Morgan fingerprint density at radius 3 is 2.31 bits per heavy atom. The normalized spacial score (nSPS) is 11.2. The van der Waals surface area contributed by atoms with Gasteiger partial charge in [-0.3, -0.25) is 4.79 Å². The highest BCUT2D eigenvalue weighted by molar-refractivity contribution is 5.97. The predicted molar refractivity (Wildman–Crippen MR) is 89.4 cm³/mol. The highest BCUT2D eigenvalue weighted by Crippen LogP contribution is 2.32. The van der Waals surface area contributed by atoms with Gasteiger partial charge in [0.2, 0.25) is 0 Å². The van der Waals surface area contributed by atoms with Gasteiger partial charge in [0, 0.05) is 11.8 Å². The zero-order chi connectivity index (χ0) is 19.3. The molecule has 1 amide bonds. The Morgan fingerprint density at radius 2 is 1.73 bits per heavy atom. The van der Waals surface area contributed by atoms with E-state index in [4.69, 9.17) is 9.47 Å². The topological polar surface area (TPSA) is 56.8 Å². The number of carbonyl (C=O) groups is 1. The summed E-state index contributed by atoms with van der Waals surface area (Å²) in [5, 5.41) is 2.56. The van der Waals surface area contributed by atoms with Crippen LogP contribution in [0.1, 0.15) is 13.8 Å². The minimum absolute atomic E-state index is 0.102. The molecule has 2 aromatic rings. The summed E-state index contributed by atoms with van der Waals surface area (Å²) in [5.74, 6) is -0.759. The lowest BCUT2D eigenvalue weighted by Crippen LogP contribution is -2.42. The highest BCUT2D eigenvalue weighted by Gasteiger charge is 2.30. The third-order valence-corrected chi connectivity index (χ3v) is 3.37. The molecule has 0 aromatic heterocycles. The van der Waals surface area contributed by atoms with Gasteiger partial charge >= 0.3 is 6.61 Å². The van der Waals surface area contributed by atoms with Crippen molar-refractivity contribution in [1.29, 1.82) is 0 Å². The largest absolute Gasteiger partial charge is 0.493 e. The first-order chi connectivity index (χ1) is 12.2. The molecule has 0 aliphatic heterocycles. The number of methoxy groups -OCH3 is 1. The number of nitrogens with one attached hydrogen (secondary N) is 1. The van der Waals surface area contributed by atoms with Crippen molar-refractivity contribution in [3.8, 4) is 17.2 Å². The van der Waals surface area contributed by atoms with E-state index in [0.29, 0.717) is 5.75 Å². The molecule has 0 saturated heterocycles. The fourth-order valence-electron chi connectivity index (χ4n) is 2.07. The van der Waals surface area contributed by atoms with Gasteiger partial charge in [-0.05, 0) is 50.2 Å². The van der Waals surface area contributed by atoms with Crippen LogP contribution in [0.2, 0.25) is 0 Å². The fraction of sp³-hybridized carbons (Fsp3) is 0.278. The molecule has 0 spiro atoms. The Bertz CT molecular complexity index is 764. The number of halogens is 3. The molecule has 0 unspecified atom stereocenters. The van der Waals surface area contributed by atoms with Gasteiger partial charge in [-0.2, -0.15) is 8.78 Å². The fourth-order valence-corrected chi connectivity index (χ4v) is 2.07. The number of anilines is 1. The van der Waals surface area contributed by atoms with Crippen LogP contribution in [0.5, 0.6) is 17.2 Å². The van der Waals surface area contributed by atoms with Crippen LogP contribution in [-0.2, 0) is 4.79 Å². The van der Waals surface area contributed by atoms with Crippen molar-refractivity contribution in [2.24, 2.45) is 0 Å². The average molecular weight is 369 g/mol. The molecule has 140 valence electrons. The Labute approximate surface area is 148 Å². The Balaban J connectivity index is 2.13. The van der Waals surface area contributed by atoms with Crippen LogP contribution in [0.15, 0.2) is 42.5 Å². The van der Waals surface area contributed by atoms with Gasteiger partial charge in [0.05, 0.1) is 7.11 Å². The van der Waals surface area contributed by atoms with Crippen molar-refractivity contribution in [2.75, 3.05) is 12.4 Å². The zero-order valence-corrected chi connectivity index (χ0v) is 14.4. The molecule has 0 bridgehead atoms. The molecule has 0 atom stereocenters. The Kier molecular flexibility index (Phi) is 5.97. The van der Waals surface area contributed by atoms with E-state index in [2.05, 4.69) is 10.1 Å². The van der Waals surface area contributed by atoms with Crippen LogP contribution < -0.4 is 19.5 Å². The lowest BCUT2D eigenvalue weighted by atomic mass is 10.1. The van der Waals surface area contributed by atoms with Crippen LogP contribution >= 0.6 is 0 Å². The monoisotopic (exact) mass is 369 g/mol. The molecule has 2 rings (SSSR count). The smallest absolute Gasteiger partial charge is 0.387 e. The molecular weight excluding hydrogens is 351 g/mol. The summed E-state index contributed by atoms with van der Waals surface area (Å²) >= 11 is 0. The third kappa shape index (κ3) is 5.05. The second kappa shape index (κ2) is 7.99. The number of amides is 1. The van der Waals surface area contributed by atoms with E-state index < -0.39 is 23.9 Å². The van der Waals surface area contributed by atoms with Crippen LogP contribution in [-0.4, -0.2) is 25.2 Å². The number of hydrogen-bond acceptors (Lipinski definition) is 4. The van der Waals surface area contributed by atoms with Gasteiger partial charge in [-0.15, -0.1) is 0 Å². The first kappa shape index (κ1) is 19.4. The van der Waals surface area contributed by atoms with Crippen molar-refractivity contribution < 1.29 is 32.2 Å². The number of ether oxygens (including phenoxy) is 3. The summed E-state index contributed by atoms with van der Waals surface area (Å²) in [6.07, 6.45) is 0. The average Bonchev–Trinajstić information content (AvgIpc) is 2.56. The maximum atomic E-state index is 12.9. The third-order valence-electron chi connectivity index (χ3n) is 3.37. The standard InChI is InChI=1S/C18H18F3NO4/c1-18(2,26-13-7-4-11(19)5-8-13)16(23)22-12-6-9-14(24-3)15(10-12)25-17(20)21/h4-10,17H,1-3H3,(H,22,23). The molecule has 1 N–H and O–H groups in total. The SMILES string of the molecule is COc1ccc(NC(=O)C(C)(C)Oc2ccc(F)cc2)cc1OC(F)F. The maximum absolute atomic E-state index is 12.9. The van der Waals surface area contributed by atoms with Gasteiger partial charge < -0.3 is 19.5 Å². The zero-order valence-electron chi connectivity index (χ0n) is 14.4. The number of benzene rings is 2. The van der Waals surface area contributed by atoms with Gasteiger partial charge in [-0.25, -0.2) is 4.39 Å². The molecule has 2 aromatic carbocycles. The maximum Gasteiger partial charge on any atom is 0.387 e. The van der Waals surface area contributed by atoms with Gasteiger partial charge in [0.15, 0.2) is 17.1 Å². The second-order valence-electron chi connectivity index (χ2n) is 5.76. The number of alkyl halides is 2. The summed E-state index contributed by atoms with van der Waals surface area (Å²) in [6.45, 7) is 0.00509. The van der Waals surface area contributed by atoms with Crippen molar-refractivity contribution in [3.63, 3.8) is 0 Å². The van der Waals surface area contributed by atoms with E-state index in [9.17, 15) is 18.0 Å². The van der Waals surface area contributed by atoms with Crippen LogP contribution in [0.4, 0.5) is 18.9 Å². The molecule has 0 saturated carbocycles. The van der Waals surface area contributed by atoms with Crippen LogP contribution in [0, 0.1) is 5.82 Å². The molecular formula is C18H18F3NO4. The van der Waals surface area contributed by atoms with Gasteiger partial charge in [0.1, 0.15) is 11.6 Å². The van der Waals surface area contributed by atoms with E-state index in [1.807, 2.05) is 0 Å². The van der Waals surface area contributed by atoms with Crippen LogP contribution in [0.25, 0.3) is 0 Å². The molecule has 0 aliphatic carbocycles. The summed E-state index contributed by atoms with van der Waals surface area (Å²) < 4.78 is 52.8. The summed E-state index contributed by atoms with van der Waals surface area (Å²) in [6, 6.07) is 9.29. The quantitative estimate of drug-likeness (QED) is 0.794. The van der Waals surface area contributed by atoms with Crippen LogP contribution in [0.3, 0.4) is 0 Å². The first-order valence-electron chi connectivity index (χ1n) is 7.60. The van der Waals surface area contributed by atoms with E-state index >= 15 is 0 Å². The van der Waals surface area contributed by atoms with Crippen molar-refractivity contribution >= 4 is 11.6 Å². The van der Waals surface area contributed by atoms with E-state index in [1.54, 1.807) is 0 Å². The van der Waals surface area contributed by atoms with E-state index in [-0.39, 0.29) is 17.2 Å². The molecule has 0 radical (unpaired) electrons.